The Hall–Kier alpha value is -2.51. The van der Waals surface area contributed by atoms with Crippen LogP contribution >= 0.6 is 23.8 Å². The molecule has 2 aromatic carbocycles. The number of urea groups is 1. The molecule has 0 unspecified atom stereocenters. The summed E-state index contributed by atoms with van der Waals surface area (Å²) in [5.41, 5.74) is 8.17. The lowest BCUT2D eigenvalue weighted by molar-refractivity contribution is 0.219. The van der Waals surface area contributed by atoms with Crippen LogP contribution in [0.1, 0.15) is 24.8 Å². The number of anilines is 2. The SMILES string of the molecule is Cc1ccc(N2CCN(CCCCCOc3cccc(NC(N)=S)c3)C2=O)cc1Cl. The van der Waals surface area contributed by atoms with Gasteiger partial charge >= 0.3 is 6.03 Å². The highest BCUT2D eigenvalue weighted by molar-refractivity contribution is 7.80. The molecule has 3 N–H and O–H groups in total. The average molecular weight is 447 g/mol. The van der Waals surface area contributed by atoms with Gasteiger partial charge in [0, 0.05) is 42.1 Å². The Balaban J connectivity index is 1.36. The van der Waals surface area contributed by atoms with Crippen molar-refractivity contribution in [1.29, 1.82) is 0 Å². The van der Waals surface area contributed by atoms with Gasteiger partial charge in [0.05, 0.1) is 6.61 Å². The first-order chi connectivity index (χ1) is 14.4. The number of nitrogens with zero attached hydrogens (tertiary/aromatic N) is 2. The second-order valence-electron chi connectivity index (χ2n) is 7.28. The number of hydrogen-bond donors (Lipinski definition) is 2. The third-order valence-electron chi connectivity index (χ3n) is 5.00. The van der Waals surface area contributed by atoms with Crippen molar-refractivity contribution in [1.82, 2.24) is 4.90 Å². The lowest BCUT2D eigenvalue weighted by Crippen LogP contribution is -2.32. The Bertz CT molecular complexity index is 908. The topological polar surface area (TPSA) is 70.8 Å². The second kappa shape index (κ2) is 10.5. The molecule has 3 rings (SSSR count). The summed E-state index contributed by atoms with van der Waals surface area (Å²) < 4.78 is 5.79. The van der Waals surface area contributed by atoms with Crippen molar-refractivity contribution in [2.45, 2.75) is 26.2 Å². The average Bonchev–Trinajstić information content (AvgIpc) is 3.07. The molecular formula is C22H27ClN4O2S. The van der Waals surface area contributed by atoms with E-state index in [1.54, 1.807) is 4.90 Å². The smallest absolute Gasteiger partial charge is 0.324 e. The number of aryl methyl sites for hydroxylation is 1. The number of nitrogens with two attached hydrogens (primary N) is 1. The number of carbonyl (C=O) groups is 1. The van der Waals surface area contributed by atoms with Crippen LogP contribution in [-0.2, 0) is 0 Å². The highest BCUT2D eigenvalue weighted by Gasteiger charge is 2.29. The quantitative estimate of drug-likeness (QED) is 0.428. The number of carbonyl (C=O) groups excluding carboxylic acids is 1. The molecule has 0 spiro atoms. The minimum Gasteiger partial charge on any atom is -0.494 e. The van der Waals surface area contributed by atoms with E-state index in [4.69, 9.17) is 34.3 Å². The maximum atomic E-state index is 12.7. The molecule has 30 heavy (non-hydrogen) atoms. The van der Waals surface area contributed by atoms with Gasteiger partial charge in [-0.25, -0.2) is 4.79 Å². The fourth-order valence-corrected chi connectivity index (χ4v) is 3.65. The van der Waals surface area contributed by atoms with Gasteiger partial charge in [-0.2, -0.15) is 0 Å². The molecule has 6 nitrogen and oxygen atoms in total. The first-order valence-corrected chi connectivity index (χ1v) is 10.8. The van der Waals surface area contributed by atoms with Gasteiger partial charge in [0.2, 0.25) is 0 Å². The van der Waals surface area contributed by atoms with E-state index in [2.05, 4.69) is 5.32 Å². The van der Waals surface area contributed by atoms with Crippen LogP contribution in [0.4, 0.5) is 16.2 Å². The van der Waals surface area contributed by atoms with Gasteiger partial charge in [-0.15, -0.1) is 0 Å². The van der Waals surface area contributed by atoms with Gasteiger partial charge in [-0.1, -0.05) is 23.7 Å². The number of nitrogens with one attached hydrogen (secondary N) is 1. The number of halogens is 1. The molecule has 1 saturated heterocycles. The van der Waals surface area contributed by atoms with Crippen LogP contribution in [0.3, 0.4) is 0 Å². The summed E-state index contributed by atoms with van der Waals surface area (Å²) in [5.74, 6) is 0.776. The fourth-order valence-electron chi connectivity index (χ4n) is 3.36. The molecule has 1 aliphatic heterocycles. The van der Waals surface area contributed by atoms with Crippen molar-refractivity contribution >= 4 is 46.3 Å². The van der Waals surface area contributed by atoms with Gasteiger partial charge < -0.3 is 20.7 Å². The van der Waals surface area contributed by atoms with Crippen LogP contribution in [0.5, 0.6) is 5.75 Å². The predicted molar refractivity (Wildman–Crippen MR) is 127 cm³/mol. The minimum atomic E-state index is 0.0494. The van der Waals surface area contributed by atoms with Crippen molar-refractivity contribution in [2.24, 2.45) is 5.73 Å². The number of unbranched alkanes of at least 4 members (excludes halogenated alkanes) is 2. The van der Waals surface area contributed by atoms with E-state index in [1.165, 1.54) is 0 Å². The Labute approximate surface area is 187 Å². The Kier molecular flexibility index (Phi) is 7.76. The molecule has 0 aromatic heterocycles. The van der Waals surface area contributed by atoms with Crippen LogP contribution in [-0.4, -0.2) is 42.3 Å². The first kappa shape index (κ1) is 22.2. The highest BCUT2D eigenvalue weighted by atomic mass is 35.5. The highest BCUT2D eigenvalue weighted by Crippen LogP contribution is 2.26. The number of benzene rings is 2. The molecule has 0 aliphatic carbocycles. The minimum absolute atomic E-state index is 0.0494. The fraction of sp³-hybridized carbons (Fsp3) is 0.364. The molecule has 2 amide bonds. The molecule has 2 aromatic rings. The van der Waals surface area contributed by atoms with Gasteiger partial charge in [-0.05, 0) is 68.2 Å². The molecule has 160 valence electrons. The van der Waals surface area contributed by atoms with E-state index in [-0.39, 0.29) is 11.1 Å². The van der Waals surface area contributed by atoms with E-state index >= 15 is 0 Å². The van der Waals surface area contributed by atoms with Crippen LogP contribution in [0, 0.1) is 6.92 Å². The summed E-state index contributed by atoms with van der Waals surface area (Å²) >= 11 is 11.0. The number of ether oxygens (including phenoxy) is 1. The molecule has 0 atom stereocenters. The zero-order valence-corrected chi connectivity index (χ0v) is 18.6. The van der Waals surface area contributed by atoms with Crippen LogP contribution in [0.15, 0.2) is 42.5 Å². The summed E-state index contributed by atoms with van der Waals surface area (Å²) in [7, 11) is 0. The summed E-state index contributed by atoms with van der Waals surface area (Å²) in [6, 6.07) is 13.4. The van der Waals surface area contributed by atoms with Crippen LogP contribution < -0.4 is 20.7 Å². The lowest BCUT2D eigenvalue weighted by atomic mass is 10.2. The molecule has 1 aliphatic rings. The molecule has 0 radical (unpaired) electrons. The second-order valence-corrected chi connectivity index (χ2v) is 8.13. The lowest BCUT2D eigenvalue weighted by Gasteiger charge is -2.19. The molecule has 1 fully saturated rings. The summed E-state index contributed by atoms with van der Waals surface area (Å²) in [6.45, 7) is 4.76. The van der Waals surface area contributed by atoms with E-state index in [0.717, 1.165) is 55.0 Å². The van der Waals surface area contributed by atoms with Crippen molar-refractivity contribution in [3.8, 4) is 5.75 Å². The number of hydrogen-bond acceptors (Lipinski definition) is 3. The van der Waals surface area contributed by atoms with E-state index < -0.39 is 0 Å². The molecule has 0 saturated carbocycles. The first-order valence-electron chi connectivity index (χ1n) is 10.1. The van der Waals surface area contributed by atoms with Gasteiger partial charge in [0.1, 0.15) is 5.75 Å². The van der Waals surface area contributed by atoms with Crippen LogP contribution in [0.25, 0.3) is 0 Å². The van der Waals surface area contributed by atoms with E-state index in [0.29, 0.717) is 18.2 Å². The summed E-state index contributed by atoms with van der Waals surface area (Å²) in [4.78, 5) is 16.4. The molecular weight excluding hydrogens is 420 g/mol. The maximum Gasteiger partial charge on any atom is 0.324 e. The third-order valence-corrected chi connectivity index (χ3v) is 5.51. The number of rotatable bonds is 9. The Morgan fingerprint density at radius 2 is 2.03 bits per heavy atom. The third kappa shape index (κ3) is 6.00. The molecule has 0 bridgehead atoms. The standard InChI is InChI=1S/C22H27ClN4O2S/c1-16-8-9-18(15-20(16)23)27-12-11-26(22(27)28)10-3-2-4-13-29-19-7-5-6-17(14-19)25-21(24)30/h5-9,14-15H,2-4,10-13H2,1H3,(H3,24,25,30). The molecule has 1 heterocycles. The van der Waals surface area contributed by atoms with Crippen molar-refractivity contribution < 1.29 is 9.53 Å². The van der Waals surface area contributed by atoms with Crippen molar-refractivity contribution in [3.05, 3.63) is 53.1 Å². The van der Waals surface area contributed by atoms with Crippen LogP contribution in [0.2, 0.25) is 5.02 Å². The van der Waals surface area contributed by atoms with Gasteiger partial charge in [0.15, 0.2) is 5.11 Å². The van der Waals surface area contributed by atoms with Gasteiger partial charge in [-0.3, -0.25) is 4.90 Å². The Morgan fingerprint density at radius 3 is 2.80 bits per heavy atom. The zero-order valence-electron chi connectivity index (χ0n) is 17.1. The largest absolute Gasteiger partial charge is 0.494 e. The summed E-state index contributed by atoms with van der Waals surface area (Å²) in [5, 5.41) is 3.81. The normalized spacial score (nSPS) is 13.6. The van der Waals surface area contributed by atoms with Crippen molar-refractivity contribution in [2.75, 3.05) is 36.5 Å². The number of amides is 2. The van der Waals surface area contributed by atoms with E-state index in [9.17, 15) is 4.79 Å². The van der Waals surface area contributed by atoms with E-state index in [1.807, 2.05) is 54.3 Å². The number of thiocarbonyl (C=S) groups is 1. The predicted octanol–water partition coefficient (Wildman–Crippen LogP) is 4.80. The summed E-state index contributed by atoms with van der Waals surface area (Å²) in [6.07, 6.45) is 2.86. The van der Waals surface area contributed by atoms with Crippen molar-refractivity contribution in [3.63, 3.8) is 0 Å². The zero-order chi connectivity index (χ0) is 21.5. The Morgan fingerprint density at radius 1 is 1.20 bits per heavy atom. The maximum absolute atomic E-state index is 12.7. The van der Waals surface area contributed by atoms with Gasteiger partial charge in [0.25, 0.3) is 0 Å². The monoisotopic (exact) mass is 446 g/mol. The molecule has 8 heteroatoms.